The first-order chi connectivity index (χ1) is 9.84. The summed E-state index contributed by atoms with van der Waals surface area (Å²) in [5.41, 5.74) is 8.68. The summed E-state index contributed by atoms with van der Waals surface area (Å²) in [4.78, 5) is 8.43. The number of nitrogens with two attached hydrogens (primary N) is 1. The van der Waals surface area contributed by atoms with E-state index < -0.39 is 0 Å². The molecule has 2 heterocycles. The Balaban J connectivity index is 1.80. The molecule has 0 aliphatic carbocycles. The highest BCUT2D eigenvalue weighted by Gasteiger charge is 2.10. The van der Waals surface area contributed by atoms with Crippen LogP contribution in [0.2, 0.25) is 0 Å². The van der Waals surface area contributed by atoms with Crippen LogP contribution in [0.3, 0.4) is 0 Å². The molecule has 0 fully saturated rings. The van der Waals surface area contributed by atoms with Gasteiger partial charge in [0, 0.05) is 36.2 Å². The second-order valence-electron chi connectivity index (χ2n) is 4.96. The third-order valence-electron chi connectivity index (χ3n) is 3.57. The molecule has 0 aliphatic rings. The van der Waals surface area contributed by atoms with Gasteiger partial charge in [0.1, 0.15) is 0 Å². The number of hydrogen-bond donors (Lipinski definition) is 1. The molecule has 1 aromatic carbocycles. The molecule has 0 aliphatic heterocycles. The molecule has 3 nitrogen and oxygen atoms in total. The molecule has 3 heteroatoms. The van der Waals surface area contributed by atoms with E-state index in [1.54, 1.807) is 6.20 Å². The Hall–Kier alpha value is -2.26. The molecule has 0 amide bonds. The molecule has 20 heavy (non-hydrogen) atoms. The number of aryl methyl sites for hydroxylation is 1. The van der Waals surface area contributed by atoms with Crippen LogP contribution in [0.1, 0.15) is 23.6 Å². The molecule has 1 atom stereocenters. The van der Waals surface area contributed by atoms with Crippen LogP contribution in [0.15, 0.2) is 61.2 Å². The van der Waals surface area contributed by atoms with Crippen molar-refractivity contribution >= 4 is 10.8 Å². The van der Waals surface area contributed by atoms with E-state index in [0.29, 0.717) is 0 Å². The van der Waals surface area contributed by atoms with Gasteiger partial charge in [-0.05, 0) is 35.4 Å². The lowest BCUT2D eigenvalue weighted by molar-refractivity contribution is 0.652. The smallest absolute Gasteiger partial charge is 0.0346 e. The van der Waals surface area contributed by atoms with Crippen molar-refractivity contribution in [2.24, 2.45) is 5.73 Å². The second kappa shape index (κ2) is 5.80. The van der Waals surface area contributed by atoms with Gasteiger partial charge in [-0.15, -0.1) is 0 Å². The minimum absolute atomic E-state index is 0.00574. The SMILES string of the molecule is NC(CCc1cccnc1)c1cncc2ccccc12. The zero-order chi connectivity index (χ0) is 13.8. The van der Waals surface area contributed by atoms with Crippen molar-refractivity contribution in [1.29, 1.82) is 0 Å². The van der Waals surface area contributed by atoms with Gasteiger partial charge in [0.2, 0.25) is 0 Å². The van der Waals surface area contributed by atoms with E-state index in [9.17, 15) is 0 Å². The van der Waals surface area contributed by atoms with Crippen molar-refractivity contribution in [3.63, 3.8) is 0 Å². The average molecular weight is 263 g/mol. The zero-order valence-electron chi connectivity index (χ0n) is 11.2. The van der Waals surface area contributed by atoms with Crippen molar-refractivity contribution < 1.29 is 0 Å². The minimum atomic E-state index is -0.00574. The van der Waals surface area contributed by atoms with Crippen LogP contribution in [0, 0.1) is 0 Å². The summed E-state index contributed by atoms with van der Waals surface area (Å²) < 4.78 is 0. The van der Waals surface area contributed by atoms with Gasteiger partial charge in [0.05, 0.1) is 0 Å². The Morgan fingerprint density at radius 2 is 1.85 bits per heavy atom. The normalized spacial score (nSPS) is 12.4. The van der Waals surface area contributed by atoms with E-state index in [1.807, 2.05) is 36.8 Å². The van der Waals surface area contributed by atoms with E-state index in [0.717, 1.165) is 23.8 Å². The first-order valence-corrected chi connectivity index (χ1v) is 6.82. The molecule has 0 saturated heterocycles. The summed E-state index contributed by atoms with van der Waals surface area (Å²) >= 11 is 0. The molecule has 100 valence electrons. The summed E-state index contributed by atoms with van der Waals surface area (Å²) in [6.07, 6.45) is 9.27. The molecule has 2 N–H and O–H groups in total. The monoisotopic (exact) mass is 263 g/mol. The number of rotatable bonds is 4. The van der Waals surface area contributed by atoms with Gasteiger partial charge >= 0.3 is 0 Å². The van der Waals surface area contributed by atoms with Crippen molar-refractivity contribution in [3.05, 3.63) is 72.3 Å². The first kappa shape index (κ1) is 12.8. The Kier molecular flexibility index (Phi) is 3.70. The van der Waals surface area contributed by atoms with E-state index in [2.05, 4.69) is 28.2 Å². The van der Waals surface area contributed by atoms with E-state index in [4.69, 9.17) is 5.73 Å². The number of aromatic nitrogens is 2. The third-order valence-corrected chi connectivity index (χ3v) is 3.57. The molecular formula is C17H17N3. The molecule has 0 radical (unpaired) electrons. The maximum atomic E-state index is 6.35. The molecular weight excluding hydrogens is 246 g/mol. The lowest BCUT2D eigenvalue weighted by atomic mass is 9.97. The van der Waals surface area contributed by atoms with Crippen LogP contribution in [0.4, 0.5) is 0 Å². The summed E-state index contributed by atoms with van der Waals surface area (Å²) in [5, 5.41) is 2.34. The maximum Gasteiger partial charge on any atom is 0.0346 e. The van der Waals surface area contributed by atoms with Gasteiger partial charge in [0.25, 0.3) is 0 Å². The van der Waals surface area contributed by atoms with Crippen LogP contribution < -0.4 is 5.73 Å². The van der Waals surface area contributed by atoms with E-state index in [-0.39, 0.29) is 6.04 Å². The molecule has 3 rings (SSSR count). The third kappa shape index (κ3) is 2.68. The topological polar surface area (TPSA) is 51.8 Å². The second-order valence-corrected chi connectivity index (χ2v) is 4.96. The Labute approximate surface area is 118 Å². The van der Waals surface area contributed by atoms with Gasteiger partial charge in [-0.2, -0.15) is 0 Å². The number of nitrogens with zero attached hydrogens (tertiary/aromatic N) is 2. The highest BCUT2D eigenvalue weighted by Crippen LogP contribution is 2.24. The Morgan fingerprint density at radius 3 is 2.70 bits per heavy atom. The van der Waals surface area contributed by atoms with Crippen molar-refractivity contribution in [3.8, 4) is 0 Å². The fourth-order valence-electron chi connectivity index (χ4n) is 2.46. The van der Waals surface area contributed by atoms with Crippen LogP contribution in [-0.4, -0.2) is 9.97 Å². The number of benzene rings is 1. The predicted octanol–water partition coefficient (Wildman–Crippen LogP) is 3.26. The first-order valence-electron chi connectivity index (χ1n) is 6.82. The fraction of sp³-hybridized carbons (Fsp3) is 0.176. The van der Waals surface area contributed by atoms with E-state index >= 15 is 0 Å². The highest BCUT2D eigenvalue weighted by atomic mass is 14.7. The average Bonchev–Trinajstić information content (AvgIpc) is 2.53. The minimum Gasteiger partial charge on any atom is -0.324 e. The summed E-state index contributed by atoms with van der Waals surface area (Å²) in [5.74, 6) is 0. The summed E-state index contributed by atoms with van der Waals surface area (Å²) in [7, 11) is 0. The van der Waals surface area contributed by atoms with Crippen LogP contribution in [-0.2, 0) is 6.42 Å². The van der Waals surface area contributed by atoms with Crippen molar-refractivity contribution in [2.45, 2.75) is 18.9 Å². The zero-order valence-corrected chi connectivity index (χ0v) is 11.2. The Morgan fingerprint density at radius 1 is 0.950 bits per heavy atom. The summed E-state index contributed by atoms with van der Waals surface area (Å²) in [6.45, 7) is 0. The molecule has 0 spiro atoms. The standard InChI is InChI=1S/C17H17N3/c18-17(8-7-13-4-3-9-19-10-13)16-12-20-11-14-5-1-2-6-15(14)16/h1-6,9-12,17H,7-8,18H2. The fourth-order valence-corrected chi connectivity index (χ4v) is 2.46. The predicted molar refractivity (Wildman–Crippen MR) is 81.2 cm³/mol. The highest BCUT2D eigenvalue weighted by molar-refractivity contribution is 5.85. The van der Waals surface area contributed by atoms with Gasteiger partial charge in [-0.1, -0.05) is 30.3 Å². The van der Waals surface area contributed by atoms with Crippen LogP contribution in [0.25, 0.3) is 10.8 Å². The Bertz CT molecular complexity index is 689. The van der Waals surface area contributed by atoms with Gasteiger partial charge in [-0.3, -0.25) is 9.97 Å². The number of hydrogen-bond acceptors (Lipinski definition) is 3. The molecule has 2 aromatic heterocycles. The number of fused-ring (bicyclic) bond motifs is 1. The molecule has 0 bridgehead atoms. The van der Waals surface area contributed by atoms with E-state index in [1.165, 1.54) is 10.9 Å². The molecule has 0 saturated carbocycles. The largest absolute Gasteiger partial charge is 0.324 e. The quantitative estimate of drug-likeness (QED) is 0.786. The lowest BCUT2D eigenvalue weighted by Crippen LogP contribution is -2.12. The van der Waals surface area contributed by atoms with Crippen molar-refractivity contribution in [2.75, 3.05) is 0 Å². The lowest BCUT2D eigenvalue weighted by Gasteiger charge is -2.14. The molecule has 1 unspecified atom stereocenters. The van der Waals surface area contributed by atoms with Crippen LogP contribution >= 0.6 is 0 Å². The molecule has 3 aromatic rings. The van der Waals surface area contributed by atoms with Gasteiger partial charge < -0.3 is 5.73 Å². The van der Waals surface area contributed by atoms with Gasteiger partial charge in [0.15, 0.2) is 0 Å². The van der Waals surface area contributed by atoms with Crippen LogP contribution in [0.5, 0.6) is 0 Å². The maximum absolute atomic E-state index is 6.35. The van der Waals surface area contributed by atoms with Gasteiger partial charge in [-0.25, -0.2) is 0 Å². The number of pyridine rings is 2. The van der Waals surface area contributed by atoms with Crippen molar-refractivity contribution in [1.82, 2.24) is 9.97 Å². The summed E-state index contributed by atoms with van der Waals surface area (Å²) in [6, 6.07) is 12.3.